The molecule has 0 radical (unpaired) electrons. The molecule has 0 fully saturated rings. The third-order valence-corrected chi connectivity index (χ3v) is 3.91. The molecule has 0 aliphatic heterocycles. The molecular weight excluding hydrogens is 324 g/mol. The minimum Gasteiger partial charge on any atom is -0.492 e. The van der Waals surface area contributed by atoms with Crippen molar-refractivity contribution in [2.45, 2.75) is 12.8 Å². The van der Waals surface area contributed by atoms with Crippen molar-refractivity contribution in [2.24, 2.45) is 11.5 Å². The third kappa shape index (κ3) is 5.22. The summed E-state index contributed by atoms with van der Waals surface area (Å²) in [6.07, 6.45) is 5.29. The molecule has 0 bridgehead atoms. The predicted molar refractivity (Wildman–Crippen MR) is 109 cm³/mol. The van der Waals surface area contributed by atoms with Gasteiger partial charge in [0.15, 0.2) is 0 Å². The first-order chi connectivity index (χ1) is 12.7. The van der Waals surface area contributed by atoms with Gasteiger partial charge in [0.05, 0.1) is 0 Å². The Morgan fingerprint density at radius 1 is 0.808 bits per heavy atom. The molecule has 0 aromatic heterocycles. The Morgan fingerprint density at radius 3 is 2.12 bits per heavy atom. The van der Waals surface area contributed by atoms with Crippen molar-refractivity contribution >= 4 is 0 Å². The summed E-state index contributed by atoms with van der Waals surface area (Å²) in [7, 11) is 0. The van der Waals surface area contributed by atoms with Crippen molar-refractivity contribution in [3.05, 3.63) is 72.8 Å². The third-order valence-electron chi connectivity index (χ3n) is 3.91. The van der Waals surface area contributed by atoms with Gasteiger partial charge in [-0.1, -0.05) is 24.3 Å². The van der Waals surface area contributed by atoms with Crippen molar-refractivity contribution in [3.63, 3.8) is 0 Å². The molecule has 0 saturated heterocycles. The smallest absolute Gasteiger partial charge is 0.127 e. The number of hydrogen-bond donors (Lipinski definition) is 2. The lowest BCUT2D eigenvalue weighted by Crippen LogP contribution is -2.12. The molecule has 4 heteroatoms. The Morgan fingerprint density at radius 2 is 1.46 bits per heavy atom. The van der Waals surface area contributed by atoms with E-state index >= 15 is 0 Å². The summed E-state index contributed by atoms with van der Waals surface area (Å²) >= 11 is 0. The van der Waals surface area contributed by atoms with Gasteiger partial charge >= 0.3 is 0 Å². The van der Waals surface area contributed by atoms with E-state index in [-0.39, 0.29) is 0 Å². The molecule has 0 aliphatic rings. The van der Waals surface area contributed by atoms with E-state index in [1.807, 2.05) is 30.4 Å². The second-order valence-electron chi connectivity index (χ2n) is 5.91. The highest BCUT2D eigenvalue weighted by Crippen LogP contribution is 2.34. The van der Waals surface area contributed by atoms with E-state index < -0.39 is 0 Å². The first kappa shape index (κ1) is 19.8. The first-order valence-electron chi connectivity index (χ1n) is 8.87. The molecule has 2 aromatic rings. The van der Waals surface area contributed by atoms with Crippen LogP contribution in [0.4, 0.5) is 0 Å². The highest BCUT2D eigenvalue weighted by Gasteiger charge is 2.11. The van der Waals surface area contributed by atoms with Gasteiger partial charge in [-0.15, -0.1) is 13.2 Å². The van der Waals surface area contributed by atoms with E-state index in [0.29, 0.717) is 26.3 Å². The lowest BCUT2D eigenvalue weighted by Gasteiger charge is -2.15. The summed E-state index contributed by atoms with van der Waals surface area (Å²) < 4.78 is 11.6. The van der Waals surface area contributed by atoms with Crippen molar-refractivity contribution < 1.29 is 9.47 Å². The highest BCUT2D eigenvalue weighted by atomic mass is 16.5. The van der Waals surface area contributed by atoms with Gasteiger partial charge in [-0.3, -0.25) is 0 Å². The van der Waals surface area contributed by atoms with Gasteiger partial charge in [0.2, 0.25) is 0 Å². The monoisotopic (exact) mass is 352 g/mol. The lowest BCUT2D eigenvalue weighted by molar-refractivity contribution is 0.325. The fourth-order valence-corrected chi connectivity index (χ4v) is 2.76. The van der Waals surface area contributed by atoms with Crippen LogP contribution in [0.5, 0.6) is 11.5 Å². The molecule has 26 heavy (non-hydrogen) atoms. The average Bonchev–Trinajstić information content (AvgIpc) is 2.66. The Bertz CT molecular complexity index is 741. The van der Waals surface area contributed by atoms with Gasteiger partial charge in [0, 0.05) is 18.7 Å². The molecule has 4 nitrogen and oxygen atoms in total. The van der Waals surface area contributed by atoms with Gasteiger partial charge in [-0.25, -0.2) is 0 Å². The van der Waals surface area contributed by atoms with Gasteiger partial charge in [0.25, 0.3) is 0 Å². The standard InChI is InChI=1S/C22H28N2O2/c1-3-5-17-7-9-22(26-14-12-24)20(15-17)18-8-10-21(25-13-11-23)19(16-18)6-4-2/h3-4,7-10,15-16H,1-2,5-6,11-14,23-24H2. The number of rotatable bonds is 11. The van der Waals surface area contributed by atoms with Crippen LogP contribution in [0.2, 0.25) is 0 Å². The lowest BCUT2D eigenvalue weighted by atomic mass is 9.97. The second kappa shape index (κ2) is 10.4. The van der Waals surface area contributed by atoms with E-state index in [0.717, 1.165) is 41.0 Å². The number of allylic oxidation sites excluding steroid dienone is 2. The average molecular weight is 352 g/mol. The Hall–Kier alpha value is -2.56. The van der Waals surface area contributed by atoms with Crippen LogP contribution in [0.1, 0.15) is 11.1 Å². The molecule has 0 heterocycles. The van der Waals surface area contributed by atoms with E-state index in [1.165, 1.54) is 5.56 Å². The zero-order valence-electron chi connectivity index (χ0n) is 15.2. The molecule has 2 aromatic carbocycles. The number of benzene rings is 2. The molecular formula is C22H28N2O2. The highest BCUT2D eigenvalue weighted by molar-refractivity contribution is 5.73. The van der Waals surface area contributed by atoms with Crippen LogP contribution in [-0.4, -0.2) is 26.3 Å². The second-order valence-corrected chi connectivity index (χ2v) is 5.91. The van der Waals surface area contributed by atoms with Crippen LogP contribution in [0.15, 0.2) is 61.7 Å². The molecule has 138 valence electrons. The summed E-state index contributed by atoms with van der Waals surface area (Å²) in [5.41, 5.74) is 15.5. The van der Waals surface area contributed by atoms with Crippen LogP contribution in [0.3, 0.4) is 0 Å². The quantitative estimate of drug-likeness (QED) is 0.607. The first-order valence-corrected chi connectivity index (χ1v) is 8.87. The normalized spacial score (nSPS) is 10.4. The zero-order chi connectivity index (χ0) is 18.8. The van der Waals surface area contributed by atoms with Crippen LogP contribution in [-0.2, 0) is 12.8 Å². The van der Waals surface area contributed by atoms with Crippen molar-refractivity contribution in [1.82, 2.24) is 0 Å². The Labute approximate surface area is 156 Å². The van der Waals surface area contributed by atoms with Crippen LogP contribution >= 0.6 is 0 Å². The molecule has 0 saturated carbocycles. The van der Waals surface area contributed by atoms with E-state index in [1.54, 1.807) is 0 Å². The maximum atomic E-state index is 5.85. The molecule has 4 N–H and O–H groups in total. The molecule has 0 atom stereocenters. The van der Waals surface area contributed by atoms with Crippen LogP contribution in [0.25, 0.3) is 11.1 Å². The van der Waals surface area contributed by atoms with Gasteiger partial charge in [0.1, 0.15) is 24.7 Å². The van der Waals surface area contributed by atoms with Crippen LogP contribution in [0, 0.1) is 0 Å². The largest absolute Gasteiger partial charge is 0.492 e. The molecule has 0 spiro atoms. The fourth-order valence-electron chi connectivity index (χ4n) is 2.76. The summed E-state index contributed by atoms with van der Waals surface area (Å²) in [6, 6.07) is 12.3. The van der Waals surface area contributed by atoms with E-state index in [2.05, 4.69) is 31.4 Å². The minimum absolute atomic E-state index is 0.474. The van der Waals surface area contributed by atoms with Crippen LogP contribution < -0.4 is 20.9 Å². The van der Waals surface area contributed by atoms with Gasteiger partial charge in [-0.2, -0.15) is 0 Å². The Balaban J connectivity index is 2.46. The number of ether oxygens (including phenoxy) is 2. The predicted octanol–water partition coefficient (Wildman–Crippen LogP) is 3.49. The number of hydrogen-bond acceptors (Lipinski definition) is 4. The topological polar surface area (TPSA) is 70.5 Å². The zero-order valence-corrected chi connectivity index (χ0v) is 15.2. The molecule has 0 aliphatic carbocycles. The summed E-state index contributed by atoms with van der Waals surface area (Å²) in [5, 5.41) is 0. The van der Waals surface area contributed by atoms with Crippen molar-refractivity contribution in [3.8, 4) is 22.6 Å². The maximum absolute atomic E-state index is 5.85. The van der Waals surface area contributed by atoms with Gasteiger partial charge < -0.3 is 20.9 Å². The summed E-state index contributed by atoms with van der Waals surface area (Å²) in [5.74, 6) is 1.66. The van der Waals surface area contributed by atoms with E-state index in [9.17, 15) is 0 Å². The summed E-state index contributed by atoms with van der Waals surface area (Å²) in [4.78, 5) is 0. The molecule has 2 rings (SSSR count). The van der Waals surface area contributed by atoms with Crippen molar-refractivity contribution in [2.75, 3.05) is 26.3 Å². The van der Waals surface area contributed by atoms with E-state index in [4.69, 9.17) is 20.9 Å². The fraction of sp³-hybridized carbons (Fsp3) is 0.273. The SMILES string of the molecule is C=CCc1ccc(OCCN)c(-c2ccc(OCCN)c(CC=C)c2)c1. The molecule has 0 unspecified atom stereocenters. The number of nitrogens with two attached hydrogens (primary N) is 2. The van der Waals surface area contributed by atoms with Gasteiger partial charge in [-0.05, 0) is 53.8 Å². The van der Waals surface area contributed by atoms with Crippen molar-refractivity contribution in [1.29, 1.82) is 0 Å². The minimum atomic E-state index is 0.474. The maximum Gasteiger partial charge on any atom is 0.127 e. The molecule has 0 amide bonds. The summed E-state index contributed by atoms with van der Waals surface area (Å²) in [6.45, 7) is 9.59. The Kier molecular flexibility index (Phi) is 7.93.